The molecule has 1 unspecified atom stereocenters. The molecule has 1 saturated heterocycles. The Balaban J connectivity index is 2.64. The van der Waals surface area contributed by atoms with Gasteiger partial charge in [-0.25, -0.2) is 0 Å². The maximum atomic E-state index is 5.92. The van der Waals surface area contributed by atoms with Crippen molar-refractivity contribution in [3.8, 4) is 0 Å². The molecule has 3 nitrogen and oxygen atoms in total. The van der Waals surface area contributed by atoms with Gasteiger partial charge in [0.2, 0.25) is 0 Å². The van der Waals surface area contributed by atoms with E-state index in [0.29, 0.717) is 0 Å². The zero-order chi connectivity index (χ0) is 12.2. The summed E-state index contributed by atoms with van der Waals surface area (Å²) in [4.78, 5) is 0. The van der Waals surface area contributed by atoms with Crippen LogP contribution in [0.25, 0.3) is 0 Å². The molecule has 0 saturated carbocycles. The Morgan fingerprint density at radius 1 is 1.25 bits per heavy atom. The highest BCUT2D eigenvalue weighted by atomic mass is 16.7. The molecule has 3 heteroatoms. The lowest BCUT2D eigenvalue weighted by Crippen LogP contribution is -2.49. The van der Waals surface area contributed by atoms with Crippen molar-refractivity contribution < 1.29 is 14.2 Å². The molecule has 96 valence electrons. The van der Waals surface area contributed by atoms with Gasteiger partial charge in [0.25, 0.3) is 0 Å². The Morgan fingerprint density at radius 2 is 1.81 bits per heavy atom. The second-order valence-corrected chi connectivity index (χ2v) is 5.13. The summed E-state index contributed by atoms with van der Waals surface area (Å²) >= 11 is 0. The second-order valence-electron chi connectivity index (χ2n) is 5.13. The number of ether oxygens (including phenoxy) is 3. The minimum atomic E-state index is -0.0729. The van der Waals surface area contributed by atoms with Gasteiger partial charge in [-0.1, -0.05) is 13.3 Å². The van der Waals surface area contributed by atoms with Crippen LogP contribution in [0.2, 0.25) is 0 Å². The highest BCUT2D eigenvalue weighted by molar-refractivity contribution is 4.87. The van der Waals surface area contributed by atoms with Crippen LogP contribution in [0.3, 0.4) is 0 Å². The molecule has 1 atom stereocenters. The molecule has 0 aromatic rings. The quantitative estimate of drug-likeness (QED) is 0.726. The first-order chi connectivity index (χ1) is 7.50. The molecular weight excluding hydrogens is 204 g/mol. The van der Waals surface area contributed by atoms with Crippen molar-refractivity contribution in [1.29, 1.82) is 0 Å². The highest BCUT2D eigenvalue weighted by Gasteiger charge is 2.41. The molecule has 0 spiro atoms. The van der Waals surface area contributed by atoms with Crippen LogP contribution in [0.1, 0.15) is 47.5 Å². The highest BCUT2D eigenvalue weighted by Crippen LogP contribution is 2.35. The van der Waals surface area contributed by atoms with E-state index in [2.05, 4.69) is 27.7 Å². The summed E-state index contributed by atoms with van der Waals surface area (Å²) in [6.45, 7) is 11.9. The van der Waals surface area contributed by atoms with E-state index in [4.69, 9.17) is 14.2 Å². The lowest BCUT2D eigenvalue weighted by atomic mass is 9.79. The van der Waals surface area contributed by atoms with Crippen LogP contribution >= 0.6 is 0 Å². The van der Waals surface area contributed by atoms with Gasteiger partial charge in [0, 0.05) is 5.41 Å². The first kappa shape index (κ1) is 13.9. The summed E-state index contributed by atoms with van der Waals surface area (Å²) < 4.78 is 17.2. The van der Waals surface area contributed by atoms with Gasteiger partial charge in [-0.15, -0.1) is 0 Å². The molecule has 1 aliphatic heterocycles. The molecule has 1 aliphatic rings. The van der Waals surface area contributed by atoms with E-state index >= 15 is 0 Å². The zero-order valence-corrected chi connectivity index (χ0v) is 11.3. The third-order valence-electron chi connectivity index (χ3n) is 3.30. The molecule has 0 aromatic heterocycles. The van der Waals surface area contributed by atoms with Crippen molar-refractivity contribution in [1.82, 2.24) is 0 Å². The molecule has 0 aliphatic carbocycles. The van der Waals surface area contributed by atoms with Crippen LogP contribution in [-0.2, 0) is 14.2 Å². The summed E-state index contributed by atoms with van der Waals surface area (Å²) in [6, 6.07) is 0. The summed E-state index contributed by atoms with van der Waals surface area (Å²) in [5.41, 5.74) is 0.0333. The summed E-state index contributed by atoms with van der Waals surface area (Å²) in [7, 11) is 0. The predicted octanol–water partition coefficient (Wildman–Crippen LogP) is 2.98. The Labute approximate surface area is 99.5 Å². The molecule has 16 heavy (non-hydrogen) atoms. The first-order valence-electron chi connectivity index (χ1n) is 6.39. The Bertz CT molecular complexity index is 195. The Hall–Kier alpha value is -0.120. The summed E-state index contributed by atoms with van der Waals surface area (Å²) in [5, 5.41) is 0. The average Bonchev–Trinajstić information content (AvgIpc) is 2.21. The van der Waals surface area contributed by atoms with E-state index in [1.165, 1.54) is 0 Å². The van der Waals surface area contributed by atoms with Crippen LogP contribution in [0.5, 0.6) is 0 Å². The molecule has 0 bridgehead atoms. The van der Waals surface area contributed by atoms with E-state index in [9.17, 15) is 0 Å². The minimum absolute atomic E-state index is 0.0333. The van der Waals surface area contributed by atoms with Gasteiger partial charge in [0.15, 0.2) is 6.29 Å². The first-order valence-corrected chi connectivity index (χ1v) is 6.39. The van der Waals surface area contributed by atoms with Gasteiger partial charge in [-0.2, -0.15) is 0 Å². The van der Waals surface area contributed by atoms with Crippen LogP contribution in [-0.4, -0.2) is 31.7 Å². The van der Waals surface area contributed by atoms with E-state index < -0.39 is 0 Å². The molecule has 0 aromatic carbocycles. The van der Waals surface area contributed by atoms with Crippen molar-refractivity contribution >= 4 is 0 Å². The monoisotopic (exact) mass is 230 g/mol. The molecule has 1 fully saturated rings. The topological polar surface area (TPSA) is 27.7 Å². The van der Waals surface area contributed by atoms with Crippen LogP contribution < -0.4 is 0 Å². The lowest BCUT2D eigenvalue weighted by molar-refractivity contribution is -0.250. The predicted molar refractivity (Wildman–Crippen MR) is 64.4 cm³/mol. The van der Waals surface area contributed by atoms with E-state index in [1.807, 2.05) is 6.92 Å². The second kappa shape index (κ2) is 5.99. The third kappa shape index (κ3) is 3.44. The zero-order valence-electron chi connectivity index (χ0n) is 11.3. The number of rotatable bonds is 5. The fourth-order valence-corrected chi connectivity index (χ4v) is 2.29. The van der Waals surface area contributed by atoms with Crippen LogP contribution in [0, 0.1) is 5.41 Å². The summed E-state index contributed by atoms with van der Waals surface area (Å²) in [6.07, 6.45) is 2.58. The molecule has 0 N–H and O–H groups in total. The molecule has 0 amide bonds. The van der Waals surface area contributed by atoms with Gasteiger partial charge >= 0.3 is 0 Å². The largest absolute Gasteiger partial charge is 0.375 e. The van der Waals surface area contributed by atoms with Gasteiger partial charge in [0.1, 0.15) is 0 Å². The molecule has 0 radical (unpaired) electrons. The van der Waals surface area contributed by atoms with E-state index in [0.717, 1.165) is 26.1 Å². The maximum absolute atomic E-state index is 5.92. The van der Waals surface area contributed by atoms with Crippen molar-refractivity contribution in [2.75, 3.05) is 13.2 Å². The summed E-state index contributed by atoms with van der Waals surface area (Å²) in [5.74, 6) is 0. The van der Waals surface area contributed by atoms with Crippen LogP contribution in [0.15, 0.2) is 0 Å². The van der Waals surface area contributed by atoms with Crippen molar-refractivity contribution in [2.24, 2.45) is 5.41 Å². The average molecular weight is 230 g/mol. The third-order valence-corrected chi connectivity index (χ3v) is 3.30. The maximum Gasteiger partial charge on any atom is 0.154 e. The Kier molecular flexibility index (Phi) is 5.22. The lowest BCUT2D eigenvalue weighted by Gasteiger charge is -2.43. The molecular formula is C13H26O3. The number of hydrogen-bond acceptors (Lipinski definition) is 3. The number of hydrogen-bond donors (Lipinski definition) is 0. The van der Waals surface area contributed by atoms with Crippen molar-refractivity contribution in [2.45, 2.75) is 66.0 Å². The van der Waals surface area contributed by atoms with Gasteiger partial charge in [-0.3, -0.25) is 0 Å². The van der Waals surface area contributed by atoms with Gasteiger partial charge in [-0.05, 0) is 34.1 Å². The SMILES string of the molecule is CCCC1(C(C)OC(C)C)COC(C)OC1. The van der Waals surface area contributed by atoms with Gasteiger partial charge < -0.3 is 14.2 Å². The van der Waals surface area contributed by atoms with E-state index in [1.54, 1.807) is 0 Å². The van der Waals surface area contributed by atoms with E-state index in [-0.39, 0.29) is 23.9 Å². The molecule has 1 heterocycles. The minimum Gasteiger partial charge on any atom is -0.375 e. The fourth-order valence-electron chi connectivity index (χ4n) is 2.29. The van der Waals surface area contributed by atoms with Gasteiger partial charge in [0.05, 0.1) is 25.4 Å². The standard InChI is InChI=1S/C13H26O3/c1-6-7-13(11(4)16-10(2)3)8-14-12(5)15-9-13/h10-12H,6-9H2,1-5H3. The Morgan fingerprint density at radius 3 is 2.25 bits per heavy atom. The normalized spacial score (nSPS) is 33.0. The smallest absolute Gasteiger partial charge is 0.154 e. The van der Waals surface area contributed by atoms with Crippen LogP contribution in [0.4, 0.5) is 0 Å². The fraction of sp³-hybridized carbons (Fsp3) is 1.00. The van der Waals surface area contributed by atoms with Crippen molar-refractivity contribution in [3.63, 3.8) is 0 Å². The molecule has 1 rings (SSSR count). The van der Waals surface area contributed by atoms with Crippen molar-refractivity contribution in [3.05, 3.63) is 0 Å².